The second-order valence-corrected chi connectivity index (χ2v) is 5.61. The van der Waals surface area contributed by atoms with E-state index in [1.165, 1.54) is 11.9 Å². The minimum Gasteiger partial charge on any atom is -0.508 e. The van der Waals surface area contributed by atoms with E-state index in [0.29, 0.717) is 11.4 Å². The van der Waals surface area contributed by atoms with Crippen LogP contribution in [0.2, 0.25) is 5.02 Å². The van der Waals surface area contributed by atoms with E-state index in [2.05, 4.69) is 5.10 Å². The average Bonchev–Trinajstić information content (AvgIpc) is 2.93. The standard InChI is InChI=1S/C17H15ClN2O2/c1-11(21)20-17(12-6-8-13(22)9-7-12)10-16(19-20)14-4-2-3-5-15(14)18/h2-9,17,22H,10H2,1H3. The molecule has 0 aliphatic carbocycles. The lowest BCUT2D eigenvalue weighted by Gasteiger charge is -2.20. The fourth-order valence-electron chi connectivity index (χ4n) is 2.61. The first-order valence-corrected chi connectivity index (χ1v) is 7.35. The molecule has 0 radical (unpaired) electrons. The molecule has 112 valence electrons. The van der Waals surface area contributed by atoms with Crippen LogP contribution in [0.5, 0.6) is 5.75 Å². The first-order chi connectivity index (χ1) is 10.6. The molecule has 0 aromatic heterocycles. The highest BCUT2D eigenvalue weighted by atomic mass is 35.5. The van der Waals surface area contributed by atoms with Gasteiger partial charge in [-0.05, 0) is 23.8 Å². The predicted molar refractivity (Wildman–Crippen MR) is 86.0 cm³/mol. The van der Waals surface area contributed by atoms with Crippen molar-refractivity contribution in [1.29, 1.82) is 0 Å². The number of amides is 1. The normalized spacial score (nSPS) is 17.5. The maximum Gasteiger partial charge on any atom is 0.240 e. The van der Waals surface area contributed by atoms with Gasteiger partial charge in [0, 0.05) is 23.9 Å². The van der Waals surface area contributed by atoms with Crippen LogP contribution >= 0.6 is 11.6 Å². The molecule has 5 heteroatoms. The summed E-state index contributed by atoms with van der Waals surface area (Å²) in [5, 5.41) is 16.0. The number of benzene rings is 2. The number of nitrogens with zero attached hydrogens (tertiary/aromatic N) is 2. The fourth-order valence-corrected chi connectivity index (χ4v) is 2.86. The summed E-state index contributed by atoms with van der Waals surface area (Å²) in [4.78, 5) is 11.9. The van der Waals surface area contributed by atoms with Crippen molar-refractivity contribution in [1.82, 2.24) is 5.01 Å². The van der Waals surface area contributed by atoms with Crippen LogP contribution in [0.25, 0.3) is 0 Å². The van der Waals surface area contributed by atoms with Gasteiger partial charge in [-0.1, -0.05) is 41.9 Å². The smallest absolute Gasteiger partial charge is 0.240 e. The third-order valence-electron chi connectivity index (χ3n) is 3.70. The molecule has 0 fully saturated rings. The molecule has 3 rings (SSSR count). The Bertz CT molecular complexity index is 741. The lowest BCUT2D eigenvalue weighted by atomic mass is 9.98. The van der Waals surface area contributed by atoms with Crippen LogP contribution in [0.15, 0.2) is 53.6 Å². The van der Waals surface area contributed by atoms with Gasteiger partial charge < -0.3 is 5.11 Å². The van der Waals surface area contributed by atoms with Crippen LogP contribution < -0.4 is 0 Å². The van der Waals surface area contributed by atoms with Crippen LogP contribution in [-0.4, -0.2) is 21.7 Å². The quantitative estimate of drug-likeness (QED) is 0.918. The Morgan fingerprint density at radius 3 is 2.55 bits per heavy atom. The van der Waals surface area contributed by atoms with Crippen molar-refractivity contribution in [2.45, 2.75) is 19.4 Å². The number of phenols is 1. The van der Waals surface area contributed by atoms with Gasteiger partial charge in [-0.3, -0.25) is 4.79 Å². The molecular formula is C17H15ClN2O2. The molecule has 1 N–H and O–H groups in total. The molecule has 2 aromatic rings. The summed E-state index contributed by atoms with van der Waals surface area (Å²) < 4.78 is 0. The first kappa shape index (κ1) is 14.6. The van der Waals surface area contributed by atoms with Crippen LogP contribution in [0, 0.1) is 0 Å². The van der Waals surface area contributed by atoms with E-state index in [9.17, 15) is 9.90 Å². The van der Waals surface area contributed by atoms with Gasteiger partial charge in [0.1, 0.15) is 5.75 Å². The Labute approximate surface area is 133 Å². The van der Waals surface area contributed by atoms with Gasteiger partial charge in [-0.25, -0.2) is 5.01 Å². The molecule has 1 aliphatic heterocycles. The van der Waals surface area contributed by atoms with E-state index in [-0.39, 0.29) is 17.7 Å². The monoisotopic (exact) mass is 314 g/mol. The second kappa shape index (κ2) is 5.81. The van der Waals surface area contributed by atoms with Gasteiger partial charge in [-0.15, -0.1) is 0 Å². The predicted octanol–water partition coefficient (Wildman–Crippen LogP) is 3.74. The lowest BCUT2D eigenvalue weighted by molar-refractivity contribution is -0.130. The number of halogens is 1. The Morgan fingerprint density at radius 1 is 1.23 bits per heavy atom. The Kier molecular flexibility index (Phi) is 3.86. The van der Waals surface area contributed by atoms with Crippen molar-refractivity contribution in [2.24, 2.45) is 5.10 Å². The molecule has 2 aromatic carbocycles. The van der Waals surface area contributed by atoms with Crippen molar-refractivity contribution in [3.63, 3.8) is 0 Å². The van der Waals surface area contributed by atoms with Crippen molar-refractivity contribution in [3.8, 4) is 5.75 Å². The van der Waals surface area contributed by atoms with Crippen molar-refractivity contribution < 1.29 is 9.90 Å². The Balaban J connectivity index is 1.96. The highest BCUT2D eigenvalue weighted by molar-refractivity contribution is 6.34. The van der Waals surface area contributed by atoms with E-state index >= 15 is 0 Å². The molecule has 4 nitrogen and oxygen atoms in total. The van der Waals surface area contributed by atoms with Crippen molar-refractivity contribution in [3.05, 3.63) is 64.7 Å². The summed E-state index contributed by atoms with van der Waals surface area (Å²) in [7, 11) is 0. The Hall–Kier alpha value is -2.33. The molecular weight excluding hydrogens is 300 g/mol. The molecule has 1 atom stereocenters. The number of hydrogen-bond acceptors (Lipinski definition) is 3. The van der Waals surface area contributed by atoms with Crippen LogP contribution in [0.1, 0.15) is 30.5 Å². The third-order valence-corrected chi connectivity index (χ3v) is 4.03. The Morgan fingerprint density at radius 2 is 1.91 bits per heavy atom. The fraction of sp³-hybridized carbons (Fsp3) is 0.176. The van der Waals surface area contributed by atoms with E-state index < -0.39 is 0 Å². The minimum atomic E-state index is -0.177. The first-order valence-electron chi connectivity index (χ1n) is 6.97. The second-order valence-electron chi connectivity index (χ2n) is 5.20. The van der Waals surface area contributed by atoms with Crippen molar-refractivity contribution >= 4 is 23.2 Å². The molecule has 1 aliphatic rings. The minimum absolute atomic E-state index is 0.125. The zero-order chi connectivity index (χ0) is 15.7. The average molecular weight is 315 g/mol. The zero-order valence-corrected chi connectivity index (χ0v) is 12.8. The zero-order valence-electron chi connectivity index (χ0n) is 12.0. The van der Waals surface area contributed by atoms with Gasteiger partial charge in [0.05, 0.1) is 11.8 Å². The highest BCUT2D eigenvalue weighted by Gasteiger charge is 2.31. The lowest BCUT2D eigenvalue weighted by Crippen LogP contribution is -2.24. The topological polar surface area (TPSA) is 52.9 Å². The molecule has 0 bridgehead atoms. The van der Waals surface area contributed by atoms with Gasteiger partial charge >= 0.3 is 0 Å². The molecule has 0 spiro atoms. The maximum absolute atomic E-state index is 11.9. The van der Waals surface area contributed by atoms with E-state index in [1.807, 2.05) is 24.3 Å². The number of phenolic OH excluding ortho intramolecular Hbond substituents is 1. The third kappa shape index (κ3) is 2.70. The number of hydrogen-bond donors (Lipinski definition) is 1. The summed E-state index contributed by atoms with van der Waals surface area (Å²) in [6.07, 6.45) is 0.591. The summed E-state index contributed by atoms with van der Waals surface area (Å²) >= 11 is 6.23. The number of rotatable bonds is 2. The molecule has 22 heavy (non-hydrogen) atoms. The molecule has 1 heterocycles. The largest absolute Gasteiger partial charge is 0.508 e. The molecule has 0 saturated carbocycles. The van der Waals surface area contributed by atoms with Gasteiger partial charge in [0.25, 0.3) is 0 Å². The summed E-state index contributed by atoms with van der Waals surface area (Å²) in [5.74, 6) is 0.0727. The van der Waals surface area contributed by atoms with Gasteiger partial charge in [0.2, 0.25) is 5.91 Å². The summed E-state index contributed by atoms with van der Waals surface area (Å²) in [5.41, 5.74) is 2.56. The van der Waals surface area contributed by atoms with Gasteiger partial charge in [-0.2, -0.15) is 5.10 Å². The maximum atomic E-state index is 11.9. The number of carbonyl (C=O) groups excluding carboxylic acids is 1. The number of carbonyl (C=O) groups is 1. The van der Waals surface area contributed by atoms with E-state index in [4.69, 9.17) is 11.6 Å². The van der Waals surface area contributed by atoms with E-state index in [0.717, 1.165) is 16.8 Å². The van der Waals surface area contributed by atoms with E-state index in [1.54, 1.807) is 24.3 Å². The van der Waals surface area contributed by atoms with Crippen LogP contribution in [0.3, 0.4) is 0 Å². The number of hydrazone groups is 1. The molecule has 1 amide bonds. The van der Waals surface area contributed by atoms with Crippen LogP contribution in [0.4, 0.5) is 0 Å². The number of aromatic hydroxyl groups is 1. The molecule has 0 saturated heterocycles. The van der Waals surface area contributed by atoms with Crippen LogP contribution in [-0.2, 0) is 4.79 Å². The van der Waals surface area contributed by atoms with Crippen molar-refractivity contribution in [2.75, 3.05) is 0 Å². The molecule has 1 unspecified atom stereocenters. The van der Waals surface area contributed by atoms with Gasteiger partial charge in [0.15, 0.2) is 0 Å². The summed E-state index contributed by atoms with van der Waals surface area (Å²) in [6.45, 7) is 1.49. The highest BCUT2D eigenvalue weighted by Crippen LogP contribution is 2.34. The SMILES string of the molecule is CC(=O)N1N=C(c2ccccc2Cl)CC1c1ccc(O)cc1. The summed E-state index contributed by atoms with van der Waals surface area (Å²) in [6, 6.07) is 14.1.